The molecule has 1 aliphatic heterocycles. The van der Waals surface area contributed by atoms with Crippen molar-refractivity contribution < 1.29 is 4.74 Å². The lowest BCUT2D eigenvalue weighted by atomic mass is 10.1. The molecular formula is C12H22N4O. The molecule has 96 valence electrons. The second-order valence-electron chi connectivity index (χ2n) is 4.99. The van der Waals surface area contributed by atoms with E-state index in [2.05, 4.69) is 33.9 Å². The van der Waals surface area contributed by atoms with E-state index in [0.29, 0.717) is 12.0 Å². The average molecular weight is 238 g/mol. The smallest absolute Gasteiger partial charge is 0.141 e. The molecule has 1 aromatic heterocycles. The van der Waals surface area contributed by atoms with Crippen LogP contribution in [0.3, 0.4) is 0 Å². The van der Waals surface area contributed by atoms with Crippen molar-refractivity contribution in [2.75, 3.05) is 19.8 Å². The summed E-state index contributed by atoms with van der Waals surface area (Å²) >= 11 is 0. The number of hydrogen-bond acceptors (Lipinski definition) is 4. The summed E-state index contributed by atoms with van der Waals surface area (Å²) in [5.41, 5.74) is 0. The molecule has 1 saturated heterocycles. The quantitative estimate of drug-likeness (QED) is 0.842. The first kappa shape index (κ1) is 12.5. The van der Waals surface area contributed by atoms with Gasteiger partial charge in [-0.1, -0.05) is 13.8 Å². The van der Waals surface area contributed by atoms with Crippen molar-refractivity contribution >= 4 is 0 Å². The Balaban J connectivity index is 1.91. The van der Waals surface area contributed by atoms with Gasteiger partial charge in [0, 0.05) is 13.2 Å². The molecule has 0 saturated carbocycles. The van der Waals surface area contributed by atoms with Gasteiger partial charge in [-0.15, -0.1) is 0 Å². The van der Waals surface area contributed by atoms with Crippen LogP contribution < -0.4 is 5.32 Å². The normalized spacial score (nSPS) is 17.8. The van der Waals surface area contributed by atoms with Crippen molar-refractivity contribution in [2.45, 2.75) is 39.3 Å². The molecule has 0 atom stereocenters. The summed E-state index contributed by atoms with van der Waals surface area (Å²) < 4.78 is 7.44. The topological polar surface area (TPSA) is 52.0 Å². The summed E-state index contributed by atoms with van der Waals surface area (Å²) in [7, 11) is 0. The van der Waals surface area contributed by atoms with E-state index in [1.54, 1.807) is 6.33 Å². The van der Waals surface area contributed by atoms with E-state index in [1.165, 1.54) is 0 Å². The number of ether oxygens (including phenoxy) is 1. The first-order chi connectivity index (χ1) is 8.27. The van der Waals surface area contributed by atoms with Gasteiger partial charge in [0.05, 0.1) is 12.6 Å². The van der Waals surface area contributed by atoms with E-state index in [0.717, 1.165) is 45.0 Å². The predicted octanol–water partition coefficient (Wildman–Crippen LogP) is 1.38. The van der Waals surface area contributed by atoms with Crippen molar-refractivity contribution in [3.8, 4) is 0 Å². The maximum absolute atomic E-state index is 5.37. The Hall–Kier alpha value is -0.940. The van der Waals surface area contributed by atoms with E-state index in [-0.39, 0.29) is 0 Å². The molecule has 0 aromatic carbocycles. The van der Waals surface area contributed by atoms with E-state index in [1.807, 2.05) is 0 Å². The average Bonchev–Trinajstić information content (AvgIpc) is 2.78. The molecule has 17 heavy (non-hydrogen) atoms. The second-order valence-corrected chi connectivity index (χ2v) is 4.99. The largest absolute Gasteiger partial charge is 0.381 e. The Labute approximate surface area is 103 Å². The van der Waals surface area contributed by atoms with Crippen LogP contribution in [0, 0.1) is 5.92 Å². The van der Waals surface area contributed by atoms with Crippen LogP contribution in [0.4, 0.5) is 0 Å². The van der Waals surface area contributed by atoms with Gasteiger partial charge in [-0.05, 0) is 25.3 Å². The molecule has 0 aliphatic carbocycles. The van der Waals surface area contributed by atoms with Crippen LogP contribution in [0.1, 0.15) is 38.6 Å². The van der Waals surface area contributed by atoms with Crippen molar-refractivity contribution in [1.29, 1.82) is 0 Å². The molecule has 2 heterocycles. The maximum atomic E-state index is 5.37. The standard InChI is InChI=1S/C12H22N4O/c1-10(2)7-13-8-12-14-9-15-16(12)11-3-5-17-6-4-11/h9-11,13H,3-8H2,1-2H3. The van der Waals surface area contributed by atoms with Gasteiger partial charge < -0.3 is 10.1 Å². The zero-order chi connectivity index (χ0) is 12.1. The van der Waals surface area contributed by atoms with E-state index in [9.17, 15) is 0 Å². The third-order valence-corrected chi connectivity index (χ3v) is 3.02. The number of aromatic nitrogens is 3. The van der Waals surface area contributed by atoms with E-state index in [4.69, 9.17) is 4.74 Å². The zero-order valence-electron chi connectivity index (χ0n) is 10.7. The highest BCUT2D eigenvalue weighted by molar-refractivity contribution is 4.88. The minimum atomic E-state index is 0.460. The van der Waals surface area contributed by atoms with Crippen LogP contribution in [-0.4, -0.2) is 34.5 Å². The van der Waals surface area contributed by atoms with Crippen LogP contribution >= 0.6 is 0 Å². The molecule has 2 rings (SSSR count). The number of rotatable bonds is 5. The Kier molecular flexibility index (Phi) is 4.50. The van der Waals surface area contributed by atoms with Gasteiger partial charge in [-0.25, -0.2) is 9.67 Å². The van der Waals surface area contributed by atoms with Crippen LogP contribution in [0.5, 0.6) is 0 Å². The summed E-state index contributed by atoms with van der Waals surface area (Å²) in [6.07, 6.45) is 3.74. The Morgan fingerprint density at radius 3 is 2.94 bits per heavy atom. The van der Waals surface area contributed by atoms with E-state index < -0.39 is 0 Å². The number of nitrogens with zero attached hydrogens (tertiary/aromatic N) is 3. The van der Waals surface area contributed by atoms with Gasteiger partial charge >= 0.3 is 0 Å². The Morgan fingerprint density at radius 2 is 2.24 bits per heavy atom. The first-order valence-electron chi connectivity index (χ1n) is 6.44. The Bertz CT molecular complexity index is 331. The molecule has 0 radical (unpaired) electrons. The predicted molar refractivity (Wildman–Crippen MR) is 65.7 cm³/mol. The molecule has 1 N–H and O–H groups in total. The van der Waals surface area contributed by atoms with Gasteiger partial charge in [-0.2, -0.15) is 5.10 Å². The summed E-state index contributed by atoms with van der Waals surface area (Å²) in [6, 6.07) is 0.460. The minimum absolute atomic E-state index is 0.460. The van der Waals surface area contributed by atoms with Crippen LogP contribution in [0.25, 0.3) is 0 Å². The maximum Gasteiger partial charge on any atom is 0.141 e. The fraction of sp³-hybridized carbons (Fsp3) is 0.833. The lowest BCUT2D eigenvalue weighted by molar-refractivity contribution is 0.0651. The molecule has 1 aromatic rings. The van der Waals surface area contributed by atoms with Gasteiger partial charge in [0.1, 0.15) is 12.2 Å². The summed E-state index contributed by atoms with van der Waals surface area (Å²) in [5.74, 6) is 1.70. The van der Waals surface area contributed by atoms with Gasteiger partial charge in [0.15, 0.2) is 0 Å². The number of nitrogens with one attached hydrogen (secondary N) is 1. The van der Waals surface area contributed by atoms with Crippen LogP contribution in [0.15, 0.2) is 6.33 Å². The van der Waals surface area contributed by atoms with Crippen LogP contribution in [-0.2, 0) is 11.3 Å². The minimum Gasteiger partial charge on any atom is -0.381 e. The van der Waals surface area contributed by atoms with Gasteiger partial charge in [-0.3, -0.25) is 0 Å². The second kappa shape index (κ2) is 6.12. The SMILES string of the molecule is CC(C)CNCc1ncnn1C1CCOCC1. The highest BCUT2D eigenvalue weighted by Crippen LogP contribution is 2.20. The summed E-state index contributed by atoms with van der Waals surface area (Å²) in [5, 5.41) is 7.76. The van der Waals surface area contributed by atoms with Crippen molar-refractivity contribution in [2.24, 2.45) is 5.92 Å². The van der Waals surface area contributed by atoms with E-state index >= 15 is 0 Å². The summed E-state index contributed by atoms with van der Waals surface area (Å²) in [4.78, 5) is 4.34. The molecular weight excluding hydrogens is 216 g/mol. The molecule has 5 nitrogen and oxygen atoms in total. The lowest BCUT2D eigenvalue weighted by Crippen LogP contribution is -2.26. The third kappa shape index (κ3) is 3.51. The zero-order valence-corrected chi connectivity index (χ0v) is 10.7. The first-order valence-corrected chi connectivity index (χ1v) is 6.44. The van der Waals surface area contributed by atoms with Gasteiger partial charge in [0.2, 0.25) is 0 Å². The fourth-order valence-electron chi connectivity index (χ4n) is 2.11. The monoisotopic (exact) mass is 238 g/mol. The van der Waals surface area contributed by atoms with Gasteiger partial charge in [0.25, 0.3) is 0 Å². The number of hydrogen-bond donors (Lipinski definition) is 1. The molecule has 0 amide bonds. The fourth-order valence-corrected chi connectivity index (χ4v) is 2.11. The summed E-state index contributed by atoms with van der Waals surface area (Å²) in [6.45, 7) is 7.90. The molecule has 0 unspecified atom stereocenters. The van der Waals surface area contributed by atoms with Crippen molar-refractivity contribution in [1.82, 2.24) is 20.1 Å². The van der Waals surface area contributed by atoms with Crippen LogP contribution in [0.2, 0.25) is 0 Å². The molecule has 0 spiro atoms. The van der Waals surface area contributed by atoms with Crippen molar-refractivity contribution in [3.63, 3.8) is 0 Å². The highest BCUT2D eigenvalue weighted by atomic mass is 16.5. The third-order valence-electron chi connectivity index (χ3n) is 3.02. The lowest BCUT2D eigenvalue weighted by Gasteiger charge is -2.23. The Morgan fingerprint density at radius 1 is 1.47 bits per heavy atom. The molecule has 1 fully saturated rings. The molecule has 5 heteroatoms. The van der Waals surface area contributed by atoms with Crippen molar-refractivity contribution in [3.05, 3.63) is 12.2 Å². The highest BCUT2D eigenvalue weighted by Gasteiger charge is 2.19. The molecule has 1 aliphatic rings. The molecule has 0 bridgehead atoms.